The smallest absolute Gasteiger partial charge is 0.247 e. The Morgan fingerprint density at radius 3 is 2.77 bits per heavy atom. The number of fused-ring (bicyclic) bond motifs is 1. The van der Waals surface area contributed by atoms with Gasteiger partial charge in [-0.1, -0.05) is 23.7 Å². The molecule has 0 unspecified atom stereocenters. The Balaban J connectivity index is 1.40. The molecule has 0 spiro atoms. The Morgan fingerprint density at radius 1 is 1.23 bits per heavy atom. The third-order valence-corrected chi connectivity index (χ3v) is 5.67. The number of hydrogen-bond donors (Lipinski definition) is 1. The van der Waals surface area contributed by atoms with Crippen molar-refractivity contribution in [2.75, 3.05) is 13.1 Å². The van der Waals surface area contributed by atoms with Gasteiger partial charge in [0.25, 0.3) is 0 Å². The Kier molecular flexibility index (Phi) is 4.83. The average molecular weight is 371 g/mol. The van der Waals surface area contributed by atoms with Crippen LogP contribution in [0.5, 0.6) is 0 Å². The number of pyridine rings is 1. The van der Waals surface area contributed by atoms with Crippen molar-refractivity contribution in [2.45, 2.75) is 25.8 Å². The van der Waals surface area contributed by atoms with Crippen molar-refractivity contribution in [3.05, 3.63) is 63.2 Å². The summed E-state index contributed by atoms with van der Waals surface area (Å²) in [5.74, 6) is 0.668. The van der Waals surface area contributed by atoms with Crippen molar-refractivity contribution in [2.24, 2.45) is 13.0 Å². The highest BCUT2D eigenvalue weighted by Crippen LogP contribution is 2.28. The molecule has 26 heavy (non-hydrogen) atoms. The van der Waals surface area contributed by atoms with Crippen LogP contribution in [0.2, 0.25) is 5.02 Å². The molecule has 5 nitrogen and oxygen atoms in total. The minimum absolute atomic E-state index is 0.0372. The number of nitrogens with zero attached hydrogens (tertiary/aromatic N) is 3. The van der Waals surface area contributed by atoms with Crippen LogP contribution in [0, 0.1) is 5.92 Å². The van der Waals surface area contributed by atoms with E-state index in [0.717, 1.165) is 60.5 Å². The summed E-state index contributed by atoms with van der Waals surface area (Å²) < 4.78 is 1.92. The fraction of sp³-hybridized carbons (Fsp3) is 0.400. The maximum atomic E-state index is 11.2. The number of halogens is 1. The van der Waals surface area contributed by atoms with Crippen molar-refractivity contribution < 1.29 is 0 Å². The molecule has 0 atom stereocenters. The van der Waals surface area contributed by atoms with E-state index in [-0.39, 0.29) is 5.56 Å². The second-order valence-electron chi connectivity index (χ2n) is 7.19. The zero-order valence-corrected chi connectivity index (χ0v) is 15.7. The molecular weight excluding hydrogens is 348 g/mol. The van der Waals surface area contributed by atoms with E-state index in [0.29, 0.717) is 5.92 Å². The Hall–Kier alpha value is -2.11. The van der Waals surface area contributed by atoms with Crippen LogP contribution in [0.15, 0.2) is 41.3 Å². The summed E-state index contributed by atoms with van der Waals surface area (Å²) in [6.45, 7) is 2.97. The van der Waals surface area contributed by atoms with E-state index in [1.54, 1.807) is 6.07 Å². The summed E-state index contributed by atoms with van der Waals surface area (Å²) in [5.41, 5.74) is 3.32. The molecule has 1 aliphatic rings. The van der Waals surface area contributed by atoms with Crippen LogP contribution in [0.3, 0.4) is 0 Å². The number of aryl methyl sites for hydroxylation is 1. The number of aromatic nitrogens is 3. The summed E-state index contributed by atoms with van der Waals surface area (Å²) in [6, 6.07) is 9.52. The predicted octanol–water partition coefficient (Wildman–Crippen LogP) is 3.37. The van der Waals surface area contributed by atoms with E-state index in [2.05, 4.69) is 16.0 Å². The summed E-state index contributed by atoms with van der Waals surface area (Å²) in [7, 11) is 1.97. The first-order valence-electron chi connectivity index (χ1n) is 9.10. The normalized spacial score (nSPS) is 16.4. The minimum Gasteiger partial charge on any atom is -0.329 e. The average Bonchev–Trinajstić information content (AvgIpc) is 2.96. The zero-order valence-electron chi connectivity index (χ0n) is 14.9. The fourth-order valence-electron chi connectivity index (χ4n) is 3.93. The van der Waals surface area contributed by atoms with Gasteiger partial charge in [0, 0.05) is 31.2 Å². The van der Waals surface area contributed by atoms with Crippen LogP contribution in [-0.2, 0) is 20.0 Å². The second kappa shape index (κ2) is 7.25. The lowest BCUT2D eigenvalue weighted by Crippen LogP contribution is -2.34. The molecule has 1 aromatic carbocycles. The predicted molar refractivity (Wildman–Crippen MR) is 104 cm³/mol. The van der Waals surface area contributed by atoms with Crippen molar-refractivity contribution >= 4 is 22.5 Å². The molecule has 0 radical (unpaired) electrons. The molecule has 1 aliphatic heterocycles. The third-order valence-electron chi connectivity index (χ3n) is 5.35. The molecule has 2 aromatic heterocycles. The Bertz CT molecular complexity index is 949. The number of aromatic amines is 1. The summed E-state index contributed by atoms with van der Waals surface area (Å²) in [5, 5.41) is 6.55. The van der Waals surface area contributed by atoms with Gasteiger partial charge in [-0.2, -0.15) is 5.10 Å². The van der Waals surface area contributed by atoms with Crippen molar-refractivity contribution in [1.29, 1.82) is 0 Å². The number of rotatable bonds is 4. The van der Waals surface area contributed by atoms with E-state index in [1.807, 2.05) is 36.1 Å². The molecule has 0 bridgehead atoms. The van der Waals surface area contributed by atoms with Gasteiger partial charge < -0.3 is 4.98 Å². The van der Waals surface area contributed by atoms with Crippen molar-refractivity contribution in [3.8, 4) is 0 Å². The molecule has 0 aliphatic carbocycles. The summed E-state index contributed by atoms with van der Waals surface area (Å²) in [6.07, 6.45) is 5.20. The van der Waals surface area contributed by atoms with Crippen LogP contribution < -0.4 is 5.56 Å². The molecule has 6 heteroatoms. The molecule has 0 saturated carbocycles. The second-order valence-corrected chi connectivity index (χ2v) is 7.60. The lowest BCUT2D eigenvalue weighted by atomic mass is 9.90. The van der Waals surface area contributed by atoms with E-state index >= 15 is 0 Å². The molecule has 1 saturated heterocycles. The quantitative estimate of drug-likeness (QED) is 0.766. The van der Waals surface area contributed by atoms with Crippen LogP contribution in [0.4, 0.5) is 0 Å². The number of H-pyrrole nitrogens is 1. The lowest BCUT2D eigenvalue weighted by molar-refractivity contribution is 0.175. The van der Waals surface area contributed by atoms with Crippen LogP contribution >= 0.6 is 11.6 Å². The monoisotopic (exact) mass is 370 g/mol. The Morgan fingerprint density at radius 2 is 2.04 bits per heavy atom. The highest BCUT2D eigenvalue weighted by atomic mass is 35.5. The SMILES string of the molecule is Cn1nc(CN2CCC(Cc3ccc(=O)[nH]c3)CC2)c2c(Cl)cccc21. The van der Waals surface area contributed by atoms with Gasteiger partial charge in [0.05, 0.1) is 16.2 Å². The van der Waals surface area contributed by atoms with E-state index in [1.165, 1.54) is 5.56 Å². The fourth-order valence-corrected chi connectivity index (χ4v) is 4.21. The third kappa shape index (κ3) is 3.55. The van der Waals surface area contributed by atoms with Gasteiger partial charge in [-0.3, -0.25) is 14.4 Å². The van der Waals surface area contributed by atoms with Crippen LogP contribution in [0.1, 0.15) is 24.1 Å². The molecule has 0 amide bonds. The number of likely N-dealkylation sites (tertiary alicyclic amines) is 1. The Labute approximate surface area is 157 Å². The van der Waals surface area contributed by atoms with Crippen molar-refractivity contribution in [3.63, 3.8) is 0 Å². The number of piperidine rings is 1. The maximum absolute atomic E-state index is 11.2. The minimum atomic E-state index is -0.0372. The molecule has 3 aromatic rings. The van der Waals surface area contributed by atoms with Gasteiger partial charge in [-0.05, 0) is 56.0 Å². The molecule has 1 N–H and O–H groups in total. The molecule has 136 valence electrons. The van der Waals surface area contributed by atoms with Gasteiger partial charge in [0.1, 0.15) is 0 Å². The topological polar surface area (TPSA) is 53.9 Å². The van der Waals surface area contributed by atoms with Gasteiger partial charge in [-0.15, -0.1) is 0 Å². The van der Waals surface area contributed by atoms with Crippen molar-refractivity contribution in [1.82, 2.24) is 19.7 Å². The first-order valence-corrected chi connectivity index (χ1v) is 9.48. The number of benzene rings is 1. The highest BCUT2D eigenvalue weighted by Gasteiger charge is 2.22. The molecular formula is C20H23ClN4O. The van der Waals surface area contributed by atoms with E-state index in [9.17, 15) is 4.79 Å². The first kappa shape index (κ1) is 17.3. The maximum Gasteiger partial charge on any atom is 0.247 e. The summed E-state index contributed by atoms with van der Waals surface area (Å²) in [4.78, 5) is 16.4. The molecule has 1 fully saturated rings. The number of hydrogen-bond acceptors (Lipinski definition) is 3. The first-order chi connectivity index (χ1) is 12.6. The lowest BCUT2D eigenvalue weighted by Gasteiger charge is -2.31. The van der Waals surface area contributed by atoms with Gasteiger partial charge in [0.15, 0.2) is 0 Å². The van der Waals surface area contributed by atoms with E-state index < -0.39 is 0 Å². The molecule has 4 rings (SSSR count). The summed E-state index contributed by atoms with van der Waals surface area (Å²) >= 11 is 6.42. The largest absolute Gasteiger partial charge is 0.329 e. The van der Waals surface area contributed by atoms with Gasteiger partial charge in [0.2, 0.25) is 5.56 Å². The van der Waals surface area contributed by atoms with Crippen LogP contribution in [-0.4, -0.2) is 32.8 Å². The van der Waals surface area contributed by atoms with Crippen LogP contribution in [0.25, 0.3) is 10.9 Å². The highest BCUT2D eigenvalue weighted by molar-refractivity contribution is 6.35. The zero-order chi connectivity index (χ0) is 18.1. The molecule has 3 heterocycles. The van der Waals surface area contributed by atoms with E-state index in [4.69, 9.17) is 16.7 Å². The van der Waals surface area contributed by atoms with Gasteiger partial charge in [-0.25, -0.2) is 0 Å². The number of nitrogens with one attached hydrogen (secondary N) is 1. The van der Waals surface area contributed by atoms with Gasteiger partial charge >= 0.3 is 0 Å². The standard InChI is InChI=1S/C20H23ClN4O/c1-24-18-4-2-3-16(21)20(18)17(23-24)13-25-9-7-14(8-10-25)11-15-5-6-19(26)22-12-15/h2-6,12,14H,7-11,13H2,1H3,(H,22,26).